The van der Waals surface area contributed by atoms with Gasteiger partial charge in [-0.1, -0.05) is 23.8 Å². The first kappa shape index (κ1) is 11.7. The summed E-state index contributed by atoms with van der Waals surface area (Å²) in [4.78, 5) is 14.0. The van der Waals surface area contributed by atoms with Crippen molar-refractivity contribution in [3.8, 4) is 0 Å². The number of hydrogen-bond acceptors (Lipinski definition) is 2. The van der Waals surface area contributed by atoms with Crippen molar-refractivity contribution in [3.05, 3.63) is 34.9 Å². The molecule has 1 heterocycles. The van der Waals surface area contributed by atoms with Crippen LogP contribution in [0, 0.1) is 5.95 Å². The molecule has 0 radical (unpaired) electrons. The smallest absolute Gasteiger partial charge is 0.231 e. The Bertz CT molecular complexity index is 393. The van der Waals surface area contributed by atoms with Crippen LogP contribution in [0.4, 0.5) is 4.39 Å². The molecule has 0 atom stereocenters. The van der Waals surface area contributed by atoms with Crippen LogP contribution in [0.3, 0.4) is 0 Å². The number of rotatable bonds is 3. The molecule has 1 amide bonds. The topological polar surface area (TPSA) is 42.0 Å². The summed E-state index contributed by atoms with van der Waals surface area (Å²) in [5.41, 5.74) is 0.687. The number of halogens is 2. The van der Waals surface area contributed by atoms with Gasteiger partial charge in [0.15, 0.2) is 0 Å². The molecule has 0 aliphatic carbocycles. The van der Waals surface area contributed by atoms with E-state index in [4.69, 9.17) is 11.6 Å². The van der Waals surface area contributed by atoms with E-state index in [1.807, 2.05) is 0 Å². The number of aromatic nitrogens is 1. The van der Waals surface area contributed by atoms with Crippen LogP contribution in [0.2, 0.25) is 5.02 Å². The Morgan fingerprint density at radius 3 is 3.07 bits per heavy atom. The molecule has 1 aromatic rings. The predicted molar refractivity (Wildman–Crippen MR) is 56.9 cm³/mol. The van der Waals surface area contributed by atoms with Gasteiger partial charge in [0.1, 0.15) is 0 Å². The molecule has 15 heavy (non-hydrogen) atoms. The Morgan fingerprint density at radius 2 is 2.47 bits per heavy atom. The van der Waals surface area contributed by atoms with Gasteiger partial charge in [-0.05, 0) is 11.6 Å². The van der Waals surface area contributed by atoms with E-state index in [9.17, 15) is 9.18 Å². The molecule has 0 unspecified atom stereocenters. The number of nitrogens with one attached hydrogen (secondary N) is 1. The van der Waals surface area contributed by atoms with Crippen LogP contribution in [0.5, 0.6) is 0 Å². The number of pyridine rings is 1. The predicted octanol–water partition coefficient (Wildman–Crippen LogP) is 2.02. The lowest BCUT2D eigenvalue weighted by Gasteiger charge is -1.96. The highest BCUT2D eigenvalue weighted by molar-refractivity contribution is 6.30. The molecule has 0 saturated heterocycles. The average Bonchev–Trinajstić information content (AvgIpc) is 2.18. The Hall–Kier alpha value is -1.42. The summed E-state index contributed by atoms with van der Waals surface area (Å²) in [7, 11) is 0. The van der Waals surface area contributed by atoms with Crippen LogP contribution in [-0.2, 0) is 4.79 Å². The van der Waals surface area contributed by atoms with Gasteiger partial charge in [0.05, 0.1) is 5.02 Å². The van der Waals surface area contributed by atoms with Crippen LogP contribution in [0.15, 0.2) is 18.3 Å². The van der Waals surface area contributed by atoms with Gasteiger partial charge in [0, 0.05) is 19.7 Å². The molecular formula is C10H10ClFN2O. The highest BCUT2D eigenvalue weighted by Crippen LogP contribution is 2.13. The summed E-state index contributed by atoms with van der Waals surface area (Å²) in [6.07, 6.45) is 4.80. The first-order chi connectivity index (χ1) is 7.09. The lowest BCUT2D eigenvalue weighted by atomic mass is 10.2. The molecule has 80 valence electrons. The Kier molecular flexibility index (Phi) is 4.24. The quantitative estimate of drug-likeness (QED) is 0.805. The minimum atomic E-state index is -0.685. The van der Waals surface area contributed by atoms with E-state index in [0.717, 1.165) is 0 Å². The Morgan fingerprint density at radius 1 is 1.73 bits per heavy atom. The van der Waals surface area contributed by atoms with Crippen molar-refractivity contribution in [2.75, 3.05) is 6.54 Å². The zero-order valence-corrected chi connectivity index (χ0v) is 8.88. The third kappa shape index (κ3) is 4.08. The molecule has 0 bridgehead atoms. The zero-order chi connectivity index (χ0) is 11.3. The van der Waals surface area contributed by atoms with Gasteiger partial charge in [-0.3, -0.25) is 4.79 Å². The molecule has 3 nitrogen and oxygen atoms in total. The van der Waals surface area contributed by atoms with Gasteiger partial charge in [-0.15, -0.1) is 0 Å². The largest absolute Gasteiger partial charge is 0.353 e. The molecular weight excluding hydrogens is 219 g/mol. The highest BCUT2D eigenvalue weighted by Gasteiger charge is 1.99. The minimum absolute atomic E-state index is 0.0170. The molecule has 0 aliphatic heterocycles. The maximum absolute atomic E-state index is 12.7. The number of carbonyl (C=O) groups is 1. The minimum Gasteiger partial charge on any atom is -0.353 e. The third-order valence-corrected chi connectivity index (χ3v) is 1.86. The zero-order valence-electron chi connectivity index (χ0n) is 8.13. The fourth-order valence-corrected chi connectivity index (χ4v) is 1.10. The molecule has 5 heteroatoms. The average molecular weight is 229 g/mol. The van der Waals surface area contributed by atoms with Crippen molar-refractivity contribution >= 4 is 23.6 Å². The molecule has 1 N–H and O–H groups in total. The highest BCUT2D eigenvalue weighted by atomic mass is 35.5. The summed E-state index contributed by atoms with van der Waals surface area (Å²) < 4.78 is 12.7. The van der Waals surface area contributed by atoms with E-state index in [2.05, 4.69) is 10.3 Å². The van der Waals surface area contributed by atoms with Crippen molar-refractivity contribution < 1.29 is 9.18 Å². The number of hydrogen-bond donors (Lipinski definition) is 1. The first-order valence-corrected chi connectivity index (χ1v) is 4.69. The Balaban J connectivity index is 2.57. The van der Waals surface area contributed by atoms with E-state index in [-0.39, 0.29) is 10.9 Å². The van der Waals surface area contributed by atoms with Crippen LogP contribution in [0.25, 0.3) is 6.08 Å². The van der Waals surface area contributed by atoms with E-state index < -0.39 is 5.95 Å². The normalized spacial score (nSPS) is 10.6. The van der Waals surface area contributed by atoms with Gasteiger partial charge in [0.25, 0.3) is 0 Å². The second-order valence-corrected chi connectivity index (χ2v) is 3.29. The van der Waals surface area contributed by atoms with Gasteiger partial charge >= 0.3 is 0 Å². The SMILES string of the molecule is CC(=O)NCC=Cc1cnc(F)c(Cl)c1. The summed E-state index contributed by atoms with van der Waals surface area (Å²) >= 11 is 5.54. The lowest BCUT2D eigenvalue weighted by Crippen LogP contribution is -2.19. The molecule has 1 rings (SSSR count). The van der Waals surface area contributed by atoms with Crippen molar-refractivity contribution in [2.24, 2.45) is 0 Å². The van der Waals surface area contributed by atoms with E-state index in [1.165, 1.54) is 19.2 Å². The van der Waals surface area contributed by atoms with Crippen LogP contribution < -0.4 is 5.32 Å². The molecule has 0 saturated carbocycles. The van der Waals surface area contributed by atoms with Gasteiger partial charge in [0.2, 0.25) is 11.9 Å². The molecule has 0 aromatic carbocycles. The van der Waals surface area contributed by atoms with Crippen molar-refractivity contribution in [2.45, 2.75) is 6.92 Å². The number of nitrogens with zero attached hydrogens (tertiary/aromatic N) is 1. The van der Waals surface area contributed by atoms with E-state index >= 15 is 0 Å². The monoisotopic (exact) mass is 228 g/mol. The summed E-state index contributed by atoms with van der Waals surface area (Å²) in [5.74, 6) is -0.786. The van der Waals surface area contributed by atoms with E-state index in [0.29, 0.717) is 12.1 Å². The molecule has 0 fully saturated rings. The number of amides is 1. The van der Waals surface area contributed by atoms with Crippen LogP contribution >= 0.6 is 11.6 Å². The first-order valence-electron chi connectivity index (χ1n) is 4.31. The van der Waals surface area contributed by atoms with Crippen molar-refractivity contribution in [3.63, 3.8) is 0 Å². The third-order valence-electron chi connectivity index (χ3n) is 1.60. The van der Waals surface area contributed by atoms with Crippen molar-refractivity contribution in [1.29, 1.82) is 0 Å². The van der Waals surface area contributed by atoms with Crippen molar-refractivity contribution in [1.82, 2.24) is 10.3 Å². The van der Waals surface area contributed by atoms with Crippen LogP contribution in [-0.4, -0.2) is 17.4 Å². The lowest BCUT2D eigenvalue weighted by molar-refractivity contribution is -0.118. The second kappa shape index (κ2) is 5.46. The maximum atomic E-state index is 12.7. The summed E-state index contributed by atoms with van der Waals surface area (Å²) in [5, 5.41) is 2.57. The van der Waals surface area contributed by atoms with Gasteiger partial charge < -0.3 is 5.32 Å². The summed E-state index contributed by atoms with van der Waals surface area (Å²) in [6, 6.07) is 1.47. The standard InChI is InChI=1S/C10H10ClFN2O/c1-7(15)13-4-2-3-8-5-9(11)10(12)14-6-8/h2-3,5-6H,4H2,1H3,(H,13,15). The molecule has 0 aliphatic rings. The maximum Gasteiger partial charge on any atom is 0.231 e. The molecule has 1 aromatic heterocycles. The number of carbonyl (C=O) groups excluding carboxylic acids is 1. The fourth-order valence-electron chi connectivity index (χ4n) is 0.925. The van der Waals surface area contributed by atoms with Gasteiger partial charge in [-0.2, -0.15) is 4.39 Å². The fraction of sp³-hybridized carbons (Fsp3) is 0.200. The summed E-state index contributed by atoms with van der Waals surface area (Å²) in [6.45, 7) is 1.86. The van der Waals surface area contributed by atoms with Crippen LogP contribution in [0.1, 0.15) is 12.5 Å². The Labute approximate surface area is 92.0 Å². The molecule has 0 spiro atoms. The second-order valence-electron chi connectivity index (χ2n) is 2.88. The van der Waals surface area contributed by atoms with E-state index in [1.54, 1.807) is 12.2 Å². The van der Waals surface area contributed by atoms with Gasteiger partial charge in [-0.25, -0.2) is 4.98 Å².